The molecular weight excluding hydrogens is 510 g/mol. The van der Waals surface area contributed by atoms with Gasteiger partial charge in [0.25, 0.3) is 0 Å². The number of carbonyl (C=O) groups is 1. The van der Waals surface area contributed by atoms with Crippen LogP contribution in [0.25, 0.3) is 10.9 Å². The minimum atomic E-state index is -0.260. The van der Waals surface area contributed by atoms with Crippen LogP contribution in [0, 0.1) is 12.3 Å². The monoisotopic (exact) mass is 541 g/mol. The van der Waals surface area contributed by atoms with Crippen molar-refractivity contribution in [2.45, 2.75) is 24.7 Å². The maximum absolute atomic E-state index is 13.0. The Balaban J connectivity index is 1.21. The number of anilines is 3. The third-order valence-corrected chi connectivity index (χ3v) is 7.14. The second-order valence-electron chi connectivity index (χ2n) is 9.97. The fourth-order valence-corrected chi connectivity index (χ4v) is 5.16. The SMILES string of the molecule is C#Cc1cccc(Nc2ncnc3cc(O[C@H]4CCOC4)c(NC(=O)C=CCN4C[C@@H]5OCCO[C@@H]5C4)cc23)c1. The van der Waals surface area contributed by atoms with E-state index in [0.29, 0.717) is 55.7 Å². The van der Waals surface area contributed by atoms with Gasteiger partial charge in [-0.15, -0.1) is 6.42 Å². The van der Waals surface area contributed by atoms with E-state index in [1.807, 2.05) is 42.5 Å². The van der Waals surface area contributed by atoms with E-state index in [1.165, 1.54) is 6.33 Å². The zero-order chi connectivity index (χ0) is 27.3. The Bertz CT molecular complexity index is 1430. The van der Waals surface area contributed by atoms with Gasteiger partial charge in [-0.25, -0.2) is 9.97 Å². The lowest BCUT2D eigenvalue weighted by molar-refractivity contribution is -0.116. The zero-order valence-corrected chi connectivity index (χ0v) is 22.0. The summed E-state index contributed by atoms with van der Waals surface area (Å²) in [6.07, 6.45) is 11.3. The molecule has 2 aromatic carbocycles. The molecule has 3 atom stereocenters. The van der Waals surface area contributed by atoms with Gasteiger partial charge in [0, 0.05) is 54.8 Å². The molecule has 40 heavy (non-hydrogen) atoms. The molecule has 3 aliphatic rings. The second kappa shape index (κ2) is 12.0. The topological polar surface area (TPSA) is 107 Å². The summed E-state index contributed by atoms with van der Waals surface area (Å²) < 4.78 is 23.3. The van der Waals surface area contributed by atoms with Crippen molar-refractivity contribution in [2.75, 3.05) is 56.7 Å². The van der Waals surface area contributed by atoms with Gasteiger partial charge in [-0.3, -0.25) is 9.69 Å². The molecule has 2 N–H and O–H groups in total. The third-order valence-electron chi connectivity index (χ3n) is 7.14. The van der Waals surface area contributed by atoms with Gasteiger partial charge in [-0.05, 0) is 24.3 Å². The molecule has 0 aliphatic carbocycles. The second-order valence-corrected chi connectivity index (χ2v) is 9.97. The predicted molar refractivity (Wildman–Crippen MR) is 151 cm³/mol. The number of nitrogens with one attached hydrogen (secondary N) is 2. The highest BCUT2D eigenvalue weighted by atomic mass is 16.6. The van der Waals surface area contributed by atoms with E-state index in [9.17, 15) is 4.79 Å². The first-order valence-corrected chi connectivity index (χ1v) is 13.4. The molecule has 3 aliphatic heterocycles. The highest BCUT2D eigenvalue weighted by Crippen LogP contribution is 2.34. The third kappa shape index (κ3) is 6.08. The summed E-state index contributed by atoms with van der Waals surface area (Å²) in [5.41, 5.74) is 2.75. The molecule has 206 valence electrons. The summed E-state index contributed by atoms with van der Waals surface area (Å²) in [4.78, 5) is 24.1. The first-order chi connectivity index (χ1) is 19.6. The van der Waals surface area contributed by atoms with E-state index < -0.39 is 0 Å². The molecule has 0 saturated carbocycles. The van der Waals surface area contributed by atoms with Gasteiger partial charge in [0.05, 0.1) is 49.8 Å². The lowest BCUT2D eigenvalue weighted by Crippen LogP contribution is -2.36. The Morgan fingerprint density at radius 3 is 2.77 bits per heavy atom. The number of fused-ring (bicyclic) bond motifs is 2. The summed E-state index contributed by atoms with van der Waals surface area (Å²) in [5, 5.41) is 7.04. The van der Waals surface area contributed by atoms with Gasteiger partial charge in [-0.2, -0.15) is 0 Å². The molecule has 6 rings (SSSR count). The van der Waals surface area contributed by atoms with Crippen LogP contribution in [0.15, 0.2) is 54.9 Å². The van der Waals surface area contributed by atoms with E-state index in [4.69, 9.17) is 25.4 Å². The maximum atomic E-state index is 13.0. The van der Waals surface area contributed by atoms with Crippen molar-refractivity contribution in [3.8, 4) is 18.1 Å². The Hall–Kier alpha value is -4.01. The number of aromatic nitrogens is 2. The Morgan fingerprint density at radius 2 is 2.00 bits per heavy atom. The number of rotatable bonds is 8. The fourth-order valence-electron chi connectivity index (χ4n) is 5.16. The van der Waals surface area contributed by atoms with E-state index in [0.717, 1.165) is 36.1 Å². The minimum absolute atomic E-state index is 0.0993. The van der Waals surface area contributed by atoms with Crippen molar-refractivity contribution in [2.24, 2.45) is 0 Å². The molecule has 0 unspecified atom stereocenters. The molecule has 0 radical (unpaired) electrons. The maximum Gasteiger partial charge on any atom is 0.248 e. The number of likely N-dealkylation sites (tertiary alicyclic amines) is 1. The number of carbonyl (C=O) groups excluding carboxylic acids is 1. The lowest BCUT2D eigenvalue weighted by atomic mass is 10.1. The molecule has 0 spiro atoms. The Morgan fingerprint density at radius 1 is 1.15 bits per heavy atom. The number of nitrogens with zero attached hydrogens (tertiary/aromatic N) is 3. The summed E-state index contributed by atoms with van der Waals surface area (Å²) in [5.74, 6) is 3.49. The van der Waals surface area contributed by atoms with Crippen LogP contribution in [0.1, 0.15) is 12.0 Å². The summed E-state index contributed by atoms with van der Waals surface area (Å²) in [6.45, 7) is 4.63. The first-order valence-electron chi connectivity index (χ1n) is 13.4. The molecule has 1 aromatic heterocycles. The summed E-state index contributed by atoms with van der Waals surface area (Å²) >= 11 is 0. The van der Waals surface area contributed by atoms with Gasteiger partial charge in [-0.1, -0.05) is 18.1 Å². The number of terminal acetylenes is 1. The molecule has 10 nitrogen and oxygen atoms in total. The molecule has 0 bridgehead atoms. The quantitative estimate of drug-likeness (QED) is 0.329. The summed E-state index contributed by atoms with van der Waals surface area (Å²) in [7, 11) is 0. The van der Waals surface area contributed by atoms with Crippen molar-refractivity contribution in [1.82, 2.24) is 14.9 Å². The molecule has 4 heterocycles. The van der Waals surface area contributed by atoms with Crippen LogP contribution in [0.3, 0.4) is 0 Å². The number of hydrogen-bond acceptors (Lipinski definition) is 9. The van der Waals surface area contributed by atoms with Crippen molar-refractivity contribution < 1.29 is 23.7 Å². The van der Waals surface area contributed by atoms with Gasteiger partial charge < -0.3 is 29.6 Å². The number of hydrogen-bond donors (Lipinski definition) is 2. The van der Waals surface area contributed by atoms with E-state index in [-0.39, 0.29) is 24.2 Å². The molecule has 1 amide bonds. The fraction of sp³-hybridized carbons (Fsp3) is 0.367. The van der Waals surface area contributed by atoms with Crippen LogP contribution in [0.2, 0.25) is 0 Å². The van der Waals surface area contributed by atoms with Crippen molar-refractivity contribution in [3.05, 3.63) is 60.4 Å². The van der Waals surface area contributed by atoms with E-state index in [1.54, 1.807) is 6.08 Å². The van der Waals surface area contributed by atoms with Gasteiger partial charge in [0.1, 0.15) is 24.0 Å². The minimum Gasteiger partial charge on any atom is -0.486 e. The van der Waals surface area contributed by atoms with Crippen LogP contribution in [0.5, 0.6) is 5.75 Å². The van der Waals surface area contributed by atoms with Gasteiger partial charge in [0.15, 0.2) is 0 Å². The zero-order valence-electron chi connectivity index (χ0n) is 22.0. The van der Waals surface area contributed by atoms with Crippen LogP contribution in [-0.2, 0) is 19.0 Å². The van der Waals surface area contributed by atoms with Crippen molar-refractivity contribution >= 4 is 34.0 Å². The summed E-state index contributed by atoms with van der Waals surface area (Å²) in [6, 6.07) is 11.2. The number of amides is 1. The van der Waals surface area contributed by atoms with E-state index >= 15 is 0 Å². The van der Waals surface area contributed by atoms with Crippen LogP contribution < -0.4 is 15.4 Å². The Kier molecular flexibility index (Phi) is 7.88. The van der Waals surface area contributed by atoms with Crippen LogP contribution in [0.4, 0.5) is 17.2 Å². The average Bonchev–Trinajstić information content (AvgIpc) is 3.63. The first kappa shape index (κ1) is 26.2. The Labute approximate surface area is 232 Å². The molecule has 3 aromatic rings. The largest absolute Gasteiger partial charge is 0.486 e. The van der Waals surface area contributed by atoms with Gasteiger partial charge >= 0.3 is 0 Å². The molecule has 3 saturated heterocycles. The van der Waals surface area contributed by atoms with Crippen molar-refractivity contribution in [1.29, 1.82) is 0 Å². The van der Waals surface area contributed by atoms with Crippen LogP contribution in [-0.4, -0.2) is 85.1 Å². The number of benzene rings is 2. The van der Waals surface area contributed by atoms with E-state index in [2.05, 4.69) is 31.4 Å². The number of ether oxygens (including phenoxy) is 4. The highest BCUT2D eigenvalue weighted by molar-refractivity contribution is 6.03. The standard InChI is InChI=1S/C30H31N5O5/c1-2-20-5-3-6-21(13-20)33-30-23-14-25(26(15-24(23)31-19-32-30)40-22-8-10-37-18-22)34-29(36)7-4-9-35-16-27-28(17-35)39-12-11-38-27/h1,3-7,13-15,19,22,27-28H,8-12,16-18H2,(H,34,36)(H,31,32,33)/t22-,27-,28+/m0/s1. The predicted octanol–water partition coefficient (Wildman–Crippen LogP) is 3.12. The molecule has 3 fully saturated rings. The van der Waals surface area contributed by atoms with Gasteiger partial charge in [0.2, 0.25) is 5.91 Å². The van der Waals surface area contributed by atoms with Crippen molar-refractivity contribution in [3.63, 3.8) is 0 Å². The van der Waals surface area contributed by atoms with Crippen LogP contribution >= 0.6 is 0 Å². The molecule has 10 heteroatoms. The normalized spacial score (nSPS) is 22.7. The molecular formula is C30H31N5O5. The highest BCUT2D eigenvalue weighted by Gasteiger charge is 2.35. The smallest absolute Gasteiger partial charge is 0.248 e. The lowest BCUT2D eigenvalue weighted by Gasteiger charge is -2.24. The average molecular weight is 542 g/mol.